The van der Waals surface area contributed by atoms with Gasteiger partial charge in [-0.1, -0.05) is 32.0 Å². The minimum absolute atomic E-state index is 0.0131. The number of hydrogen-bond donors (Lipinski definition) is 3. The number of carbonyl (C=O) groups is 2. The molecule has 0 saturated heterocycles. The predicted octanol–water partition coefficient (Wildman–Crippen LogP) is 2.83. The zero-order valence-electron chi connectivity index (χ0n) is 18.9. The molecule has 0 aromatic heterocycles. The zero-order chi connectivity index (χ0) is 23.7. The monoisotopic (exact) mass is 461 g/mol. The lowest BCUT2D eigenvalue weighted by molar-refractivity contribution is -0.119. The van der Waals surface area contributed by atoms with Gasteiger partial charge in [-0.3, -0.25) is 9.59 Å². The van der Waals surface area contributed by atoms with Crippen molar-refractivity contribution in [2.45, 2.75) is 38.6 Å². The van der Waals surface area contributed by atoms with Crippen molar-refractivity contribution >= 4 is 27.5 Å². The number of nitrogens with one attached hydrogen (secondary N) is 3. The number of ether oxygens (including phenoxy) is 1. The van der Waals surface area contributed by atoms with E-state index < -0.39 is 10.0 Å². The fourth-order valence-corrected chi connectivity index (χ4v) is 3.90. The van der Waals surface area contributed by atoms with Gasteiger partial charge in [0.2, 0.25) is 15.9 Å². The molecule has 2 rings (SSSR count). The summed E-state index contributed by atoms with van der Waals surface area (Å²) in [5.74, 6) is -0.527. The molecule has 0 aliphatic heterocycles. The number of benzene rings is 2. The summed E-state index contributed by atoms with van der Waals surface area (Å²) < 4.78 is 32.2. The fraction of sp³-hybridized carbons (Fsp3) is 0.391. The standard InChI is InChI=1S/C23H31N3O5S/c1-5-16(2)22(27)26-19-8-6-7-18(13-19)15-24-23(28)21-14-20(10-9-17(21)3)32(29,30)25-11-12-31-4/h6-10,13-14,16,25H,5,11-12,15H2,1-4H3,(H,24,28)(H,26,27). The molecule has 0 bridgehead atoms. The molecule has 9 heteroatoms. The molecule has 8 nitrogen and oxygen atoms in total. The van der Waals surface area contributed by atoms with Crippen LogP contribution in [0.4, 0.5) is 5.69 Å². The Hall–Kier alpha value is -2.75. The van der Waals surface area contributed by atoms with Crippen LogP contribution in [-0.2, 0) is 26.1 Å². The van der Waals surface area contributed by atoms with E-state index in [1.165, 1.54) is 19.2 Å². The van der Waals surface area contributed by atoms with Gasteiger partial charge >= 0.3 is 0 Å². The Morgan fingerprint density at radius 2 is 1.88 bits per heavy atom. The number of aryl methyl sites for hydroxylation is 1. The van der Waals surface area contributed by atoms with Gasteiger partial charge in [-0.2, -0.15) is 0 Å². The molecule has 2 amide bonds. The first kappa shape index (κ1) is 25.5. The molecule has 32 heavy (non-hydrogen) atoms. The van der Waals surface area contributed by atoms with E-state index in [0.717, 1.165) is 12.0 Å². The second kappa shape index (κ2) is 11.8. The lowest BCUT2D eigenvalue weighted by atomic mass is 10.1. The molecule has 0 radical (unpaired) electrons. The first-order chi connectivity index (χ1) is 15.2. The number of amides is 2. The topological polar surface area (TPSA) is 114 Å². The van der Waals surface area contributed by atoms with E-state index in [4.69, 9.17) is 4.74 Å². The summed E-state index contributed by atoms with van der Waals surface area (Å²) in [6.45, 7) is 6.17. The van der Waals surface area contributed by atoms with E-state index in [9.17, 15) is 18.0 Å². The van der Waals surface area contributed by atoms with Crippen LogP contribution in [0.3, 0.4) is 0 Å². The third-order valence-electron chi connectivity index (χ3n) is 5.07. The van der Waals surface area contributed by atoms with Crippen LogP contribution in [-0.4, -0.2) is 40.5 Å². The van der Waals surface area contributed by atoms with Crippen molar-refractivity contribution < 1.29 is 22.7 Å². The largest absolute Gasteiger partial charge is 0.383 e. The summed E-state index contributed by atoms with van der Waals surface area (Å²) in [6.07, 6.45) is 0.748. The van der Waals surface area contributed by atoms with Crippen LogP contribution in [0.15, 0.2) is 47.4 Å². The molecule has 1 atom stereocenters. The second-order valence-corrected chi connectivity index (χ2v) is 9.32. The predicted molar refractivity (Wildman–Crippen MR) is 124 cm³/mol. The van der Waals surface area contributed by atoms with Gasteiger partial charge in [0.15, 0.2) is 0 Å². The van der Waals surface area contributed by atoms with Gasteiger partial charge in [-0.05, 0) is 48.7 Å². The van der Waals surface area contributed by atoms with E-state index in [1.807, 2.05) is 19.9 Å². The summed E-state index contributed by atoms with van der Waals surface area (Å²) in [7, 11) is -2.27. The Morgan fingerprint density at radius 1 is 1.12 bits per heavy atom. The number of hydrogen-bond acceptors (Lipinski definition) is 5. The molecule has 0 aliphatic rings. The molecular weight excluding hydrogens is 430 g/mol. The minimum atomic E-state index is -3.75. The molecule has 0 saturated carbocycles. The summed E-state index contributed by atoms with van der Waals surface area (Å²) >= 11 is 0. The van der Waals surface area contributed by atoms with E-state index in [-0.39, 0.29) is 47.9 Å². The molecule has 1 unspecified atom stereocenters. The average Bonchev–Trinajstić information content (AvgIpc) is 2.77. The molecule has 0 fully saturated rings. The van der Waals surface area contributed by atoms with Gasteiger partial charge in [0, 0.05) is 37.4 Å². The number of rotatable bonds is 11. The van der Waals surface area contributed by atoms with Crippen molar-refractivity contribution in [3.8, 4) is 0 Å². The molecular formula is C23H31N3O5S. The molecule has 3 N–H and O–H groups in total. The van der Waals surface area contributed by atoms with Crippen molar-refractivity contribution in [3.63, 3.8) is 0 Å². The third kappa shape index (κ3) is 7.15. The number of carbonyl (C=O) groups excluding carboxylic acids is 2. The Morgan fingerprint density at radius 3 is 2.56 bits per heavy atom. The fourth-order valence-electron chi connectivity index (χ4n) is 2.86. The molecule has 174 valence electrons. The van der Waals surface area contributed by atoms with Crippen molar-refractivity contribution in [2.24, 2.45) is 5.92 Å². The lowest BCUT2D eigenvalue weighted by Crippen LogP contribution is -2.28. The van der Waals surface area contributed by atoms with Crippen LogP contribution in [0.25, 0.3) is 0 Å². The molecule has 0 heterocycles. The van der Waals surface area contributed by atoms with E-state index in [1.54, 1.807) is 31.2 Å². The third-order valence-corrected chi connectivity index (χ3v) is 6.53. The lowest BCUT2D eigenvalue weighted by Gasteiger charge is -2.13. The summed E-state index contributed by atoms with van der Waals surface area (Å²) in [5.41, 5.74) is 2.41. The molecule has 2 aromatic carbocycles. The molecule has 2 aromatic rings. The Kier molecular flexibility index (Phi) is 9.37. The highest BCUT2D eigenvalue weighted by molar-refractivity contribution is 7.89. The van der Waals surface area contributed by atoms with Crippen LogP contribution in [0.2, 0.25) is 0 Å². The summed E-state index contributed by atoms with van der Waals surface area (Å²) in [6, 6.07) is 11.7. The maximum Gasteiger partial charge on any atom is 0.251 e. The van der Waals surface area contributed by atoms with E-state index in [0.29, 0.717) is 11.3 Å². The zero-order valence-corrected chi connectivity index (χ0v) is 19.7. The Bertz CT molecular complexity index is 1050. The normalized spacial score (nSPS) is 12.2. The average molecular weight is 462 g/mol. The van der Waals surface area contributed by atoms with Crippen LogP contribution in [0.5, 0.6) is 0 Å². The van der Waals surface area contributed by atoms with Gasteiger partial charge < -0.3 is 15.4 Å². The van der Waals surface area contributed by atoms with Gasteiger partial charge in [-0.25, -0.2) is 13.1 Å². The summed E-state index contributed by atoms with van der Waals surface area (Å²) in [5, 5.41) is 5.69. The smallest absolute Gasteiger partial charge is 0.251 e. The van der Waals surface area contributed by atoms with Gasteiger partial charge in [0.25, 0.3) is 5.91 Å². The Balaban J connectivity index is 2.09. The highest BCUT2D eigenvalue weighted by atomic mass is 32.2. The molecule has 0 aliphatic carbocycles. The maximum atomic E-state index is 12.8. The maximum absolute atomic E-state index is 12.8. The Labute approximate surface area is 189 Å². The van der Waals surface area contributed by atoms with Crippen molar-refractivity contribution in [1.82, 2.24) is 10.0 Å². The van der Waals surface area contributed by atoms with Crippen LogP contribution >= 0.6 is 0 Å². The quantitative estimate of drug-likeness (QED) is 0.445. The van der Waals surface area contributed by atoms with Crippen LogP contribution in [0.1, 0.15) is 41.8 Å². The van der Waals surface area contributed by atoms with Gasteiger partial charge in [0.1, 0.15) is 0 Å². The van der Waals surface area contributed by atoms with Crippen LogP contribution in [0, 0.1) is 12.8 Å². The first-order valence-corrected chi connectivity index (χ1v) is 11.9. The van der Waals surface area contributed by atoms with Crippen LogP contribution < -0.4 is 15.4 Å². The SMILES string of the molecule is CCC(C)C(=O)Nc1cccc(CNC(=O)c2cc(S(=O)(=O)NCCOC)ccc2C)c1. The number of methoxy groups -OCH3 is 1. The second-order valence-electron chi connectivity index (χ2n) is 7.55. The highest BCUT2D eigenvalue weighted by Gasteiger charge is 2.18. The first-order valence-electron chi connectivity index (χ1n) is 10.4. The van der Waals surface area contributed by atoms with E-state index in [2.05, 4.69) is 15.4 Å². The highest BCUT2D eigenvalue weighted by Crippen LogP contribution is 2.17. The van der Waals surface area contributed by atoms with E-state index >= 15 is 0 Å². The molecule has 0 spiro atoms. The van der Waals surface area contributed by atoms with Crippen molar-refractivity contribution in [3.05, 3.63) is 59.2 Å². The van der Waals surface area contributed by atoms with Crippen molar-refractivity contribution in [1.29, 1.82) is 0 Å². The van der Waals surface area contributed by atoms with Gasteiger partial charge in [0.05, 0.1) is 11.5 Å². The van der Waals surface area contributed by atoms with Crippen molar-refractivity contribution in [2.75, 3.05) is 25.6 Å². The van der Waals surface area contributed by atoms with Gasteiger partial charge in [-0.15, -0.1) is 0 Å². The summed E-state index contributed by atoms with van der Waals surface area (Å²) in [4.78, 5) is 24.9. The minimum Gasteiger partial charge on any atom is -0.383 e. The number of anilines is 1. The number of sulfonamides is 1.